The predicted molar refractivity (Wildman–Crippen MR) is 87.8 cm³/mol. The fraction of sp³-hybridized carbons (Fsp3) is 0.615. The van der Waals surface area contributed by atoms with Gasteiger partial charge in [-0.15, -0.1) is 0 Å². The molecular formula is C13H26N4O9. The molecule has 1 amide bonds. The number of amides is 1. The smallest absolute Gasteiger partial charge is 0.320 e. The lowest BCUT2D eigenvalue weighted by molar-refractivity contribution is -0.141. The van der Waals surface area contributed by atoms with Crippen LogP contribution in [0.25, 0.3) is 0 Å². The number of carboxylic acid groups (broad SMARTS) is 4. The topological polar surface area (TPSA) is 270 Å². The van der Waals surface area contributed by atoms with Crippen molar-refractivity contribution in [3.8, 4) is 0 Å². The van der Waals surface area contributed by atoms with Crippen molar-refractivity contribution >= 4 is 29.8 Å². The molecule has 0 heterocycles. The summed E-state index contributed by atoms with van der Waals surface area (Å²) in [6, 6.07) is -2.77. The first-order chi connectivity index (χ1) is 11.7. The summed E-state index contributed by atoms with van der Waals surface area (Å²) in [7, 11) is 0. The first kappa shape index (κ1) is 28.1. The van der Waals surface area contributed by atoms with Gasteiger partial charge in [-0.3, -0.25) is 24.0 Å². The van der Waals surface area contributed by atoms with Crippen LogP contribution in [0, 0.1) is 0 Å². The molecule has 3 atom stereocenters. The lowest BCUT2D eigenvalue weighted by atomic mass is 10.2. The largest absolute Gasteiger partial charge is 0.481 e. The van der Waals surface area contributed by atoms with Gasteiger partial charge in [0, 0.05) is 12.8 Å². The van der Waals surface area contributed by atoms with Crippen LogP contribution in [0.2, 0.25) is 0 Å². The van der Waals surface area contributed by atoms with E-state index in [1.807, 2.05) is 0 Å². The number of hydrogen-bond acceptors (Lipinski definition) is 8. The van der Waals surface area contributed by atoms with Gasteiger partial charge in [-0.1, -0.05) is 0 Å². The second-order valence-corrected chi connectivity index (χ2v) is 4.95. The molecule has 0 aromatic carbocycles. The molecule has 13 heteroatoms. The Morgan fingerprint density at radius 1 is 0.731 bits per heavy atom. The number of aliphatic carboxylic acids is 4. The predicted octanol–water partition coefficient (Wildman–Crippen LogP) is -2.65. The zero-order valence-corrected chi connectivity index (χ0v) is 14.2. The lowest BCUT2D eigenvalue weighted by Gasteiger charge is -2.01. The summed E-state index contributed by atoms with van der Waals surface area (Å²) in [6.45, 7) is 1.42. The number of rotatable bonds is 9. The Labute approximate surface area is 148 Å². The summed E-state index contributed by atoms with van der Waals surface area (Å²) in [6.07, 6.45) is -0.101. The Balaban J connectivity index is -0.000000316. The van der Waals surface area contributed by atoms with Gasteiger partial charge >= 0.3 is 23.9 Å². The number of primary amides is 1. The van der Waals surface area contributed by atoms with Crippen molar-refractivity contribution in [3.05, 3.63) is 0 Å². The van der Waals surface area contributed by atoms with E-state index in [2.05, 4.69) is 0 Å². The summed E-state index contributed by atoms with van der Waals surface area (Å²) < 4.78 is 0. The van der Waals surface area contributed by atoms with Crippen molar-refractivity contribution in [1.29, 1.82) is 0 Å². The third-order valence-electron chi connectivity index (χ3n) is 2.39. The Morgan fingerprint density at radius 2 is 1.04 bits per heavy atom. The molecule has 0 rings (SSSR count). The molecule has 0 aromatic heterocycles. The zero-order valence-electron chi connectivity index (χ0n) is 14.2. The SMILES string of the molecule is CC(N)C(=O)O.NC(=O)CCC(N)C(=O)O.NC(CCC(=O)O)C(=O)O. The molecular weight excluding hydrogens is 356 g/mol. The highest BCUT2D eigenvalue weighted by Gasteiger charge is 2.12. The minimum absolute atomic E-state index is 0.0213. The van der Waals surface area contributed by atoms with Crippen LogP contribution < -0.4 is 22.9 Å². The van der Waals surface area contributed by atoms with Gasteiger partial charge in [-0.2, -0.15) is 0 Å². The van der Waals surface area contributed by atoms with Crippen LogP contribution in [0.3, 0.4) is 0 Å². The van der Waals surface area contributed by atoms with Gasteiger partial charge in [0.15, 0.2) is 0 Å². The van der Waals surface area contributed by atoms with Crippen LogP contribution in [0.15, 0.2) is 0 Å². The number of nitrogens with two attached hydrogens (primary N) is 4. The van der Waals surface area contributed by atoms with Gasteiger partial charge in [0.2, 0.25) is 5.91 Å². The minimum Gasteiger partial charge on any atom is -0.481 e. The van der Waals surface area contributed by atoms with E-state index >= 15 is 0 Å². The van der Waals surface area contributed by atoms with Crippen LogP contribution in [-0.4, -0.2) is 68.3 Å². The molecule has 12 N–H and O–H groups in total. The third kappa shape index (κ3) is 23.5. The highest BCUT2D eigenvalue weighted by Crippen LogP contribution is 1.93. The monoisotopic (exact) mass is 382 g/mol. The average Bonchev–Trinajstić information content (AvgIpc) is 2.50. The summed E-state index contributed by atoms with van der Waals surface area (Å²) in [4.78, 5) is 49.6. The Kier molecular flexibility index (Phi) is 17.0. The van der Waals surface area contributed by atoms with Crippen molar-refractivity contribution in [1.82, 2.24) is 0 Å². The van der Waals surface area contributed by atoms with E-state index in [0.717, 1.165) is 0 Å². The molecule has 26 heavy (non-hydrogen) atoms. The van der Waals surface area contributed by atoms with Gasteiger partial charge in [0.05, 0.1) is 0 Å². The maximum absolute atomic E-state index is 10.1. The average molecular weight is 382 g/mol. The van der Waals surface area contributed by atoms with E-state index in [-0.39, 0.29) is 25.7 Å². The highest BCUT2D eigenvalue weighted by molar-refractivity contribution is 5.77. The number of carboxylic acids is 4. The summed E-state index contributed by atoms with van der Waals surface area (Å²) in [5.74, 6) is -4.80. The summed E-state index contributed by atoms with van der Waals surface area (Å²) in [5, 5.41) is 32.4. The Morgan fingerprint density at radius 3 is 1.23 bits per heavy atom. The fourth-order valence-corrected chi connectivity index (χ4v) is 0.824. The Hall–Kier alpha value is -2.77. The quantitative estimate of drug-likeness (QED) is 0.203. The van der Waals surface area contributed by atoms with Crippen molar-refractivity contribution in [3.63, 3.8) is 0 Å². The van der Waals surface area contributed by atoms with Crippen molar-refractivity contribution < 1.29 is 44.4 Å². The minimum atomic E-state index is -1.17. The van der Waals surface area contributed by atoms with Gasteiger partial charge in [-0.05, 0) is 19.8 Å². The zero-order chi connectivity index (χ0) is 21.4. The molecule has 0 spiro atoms. The molecule has 0 aliphatic rings. The molecule has 0 aliphatic carbocycles. The van der Waals surface area contributed by atoms with Crippen LogP contribution in [0.5, 0.6) is 0 Å². The number of hydrogen-bond donors (Lipinski definition) is 8. The normalized spacial score (nSPS) is 12.8. The van der Waals surface area contributed by atoms with E-state index in [1.54, 1.807) is 0 Å². The van der Waals surface area contributed by atoms with E-state index in [4.69, 9.17) is 43.4 Å². The van der Waals surface area contributed by atoms with E-state index in [9.17, 15) is 24.0 Å². The van der Waals surface area contributed by atoms with Crippen LogP contribution in [0.1, 0.15) is 32.6 Å². The molecule has 3 unspecified atom stereocenters. The van der Waals surface area contributed by atoms with Crippen molar-refractivity contribution in [2.24, 2.45) is 22.9 Å². The number of carbonyl (C=O) groups excluding carboxylic acids is 1. The van der Waals surface area contributed by atoms with Gasteiger partial charge in [0.25, 0.3) is 0 Å². The molecule has 0 bridgehead atoms. The summed E-state index contributed by atoms with van der Waals surface area (Å²) >= 11 is 0. The van der Waals surface area contributed by atoms with Gasteiger partial charge in [0.1, 0.15) is 18.1 Å². The van der Waals surface area contributed by atoms with Gasteiger partial charge in [-0.25, -0.2) is 0 Å². The first-order valence-electron chi connectivity index (χ1n) is 7.17. The first-order valence-corrected chi connectivity index (χ1v) is 7.17. The summed E-state index contributed by atoms with van der Waals surface area (Å²) in [5.41, 5.74) is 19.6. The van der Waals surface area contributed by atoms with Crippen LogP contribution in [-0.2, 0) is 24.0 Å². The molecule has 152 valence electrons. The van der Waals surface area contributed by atoms with Crippen LogP contribution >= 0.6 is 0 Å². The standard InChI is InChI=1S/C5H10N2O3.C5H9NO4.C3H7NO2/c2*6-3(5(9)10)1-2-4(7)8;1-2(4)3(5)6/h3H,1-2,6H2,(H2,7,8)(H,9,10);3H,1-2,6H2,(H,7,8)(H,9,10);2H,4H2,1H3,(H,5,6). The van der Waals surface area contributed by atoms with Crippen molar-refractivity contribution in [2.45, 2.75) is 50.7 Å². The molecule has 0 saturated carbocycles. The third-order valence-corrected chi connectivity index (χ3v) is 2.39. The maximum Gasteiger partial charge on any atom is 0.320 e. The van der Waals surface area contributed by atoms with Crippen molar-refractivity contribution in [2.75, 3.05) is 0 Å². The molecule has 0 saturated heterocycles. The lowest BCUT2D eigenvalue weighted by Crippen LogP contribution is -2.31. The Bertz CT molecular complexity index is 448. The second-order valence-electron chi connectivity index (χ2n) is 4.95. The fourth-order valence-electron chi connectivity index (χ4n) is 0.824. The van der Waals surface area contributed by atoms with Crippen LogP contribution in [0.4, 0.5) is 0 Å². The molecule has 0 aliphatic heterocycles. The molecule has 0 aromatic rings. The van der Waals surface area contributed by atoms with E-state index in [0.29, 0.717) is 0 Å². The molecule has 13 nitrogen and oxygen atoms in total. The number of carbonyl (C=O) groups is 5. The second kappa shape index (κ2) is 15.7. The van der Waals surface area contributed by atoms with Gasteiger partial charge < -0.3 is 43.4 Å². The maximum atomic E-state index is 10.1. The van der Waals surface area contributed by atoms with E-state index in [1.165, 1.54) is 6.92 Å². The van der Waals surface area contributed by atoms with E-state index < -0.39 is 47.9 Å². The highest BCUT2D eigenvalue weighted by atomic mass is 16.4. The molecule has 0 radical (unpaired) electrons. The molecule has 0 fully saturated rings.